The lowest BCUT2D eigenvalue weighted by Crippen LogP contribution is -2.43. The number of hydrogen-bond acceptors (Lipinski definition) is 5. The van der Waals surface area contributed by atoms with Crippen LogP contribution in [0.3, 0.4) is 0 Å². The van der Waals surface area contributed by atoms with E-state index in [2.05, 4.69) is 27.8 Å². The molecule has 0 bridgehead atoms. The summed E-state index contributed by atoms with van der Waals surface area (Å²) in [5, 5.41) is 11.3. The minimum atomic E-state index is -0.302. The molecular weight excluding hydrogens is 449 g/mol. The maximum atomic E-state index is 13.2. The van der Waals surface area contributed by atoms with Gasteiger partial charge in [0.15, 0.2) is 5.69 Å². The Labute approximate surface area is 203 Å². The molecule has 1 unspecified atom stereocenters. The van der Waals surface area contributed by atoms with Crippen molar-refractivity contribution in [1.82, 2.24) is 25.2 Å². The Balaban J connectivity index is 1.15. The fourth-order valence-corrected chi connectivity index (χ4v) is 4.59. The molecule has 0 spiro atoms. The fourth-order valence-electron chi connectivity index (χ4n) is 4.59. The molecule has 35 heavy (non-hydrogen) atoms. The second-order valence-electron chi connectivity index (χ2n) is 9.19. The molecule has 2 amide bonds. The molecule has 182 valence electrons. The normalized spacial score (nSPS) is 18.2. The minimum Gasteiger partial charge on any atom is -0.365 e. The van der Waals surface area contributed by atoms with Crippen molar-refractivity contribution in [2.45, 2.75) is 45.6 Å². The molecule has 3 aromatic rings. The van der Waals surface area contributed by atoms with Gasteiger partial charge in [-0.3, -0.25) is 9.59 Å². The van der Waals surface area contributed by atoms with E-state index < -0.39 is 0 Å². The van der Waals surface area contributed by atoms with Crippen LogP contribution >= 0.6 is 0 Å². The zero-order chi connectivity index (χ0) is 24.4. The maximum Gasteiger partial charge on any atom is 0.276 e. The lowest BCUT2D eigenvalue weighted by molar-refractivity contribution is -0.126. The van der Waals surface area contributed by atoms with Crippen molar-refractivity contribution in [2.24, 2.45) is 5.92 Å². The van der Waals surface area contributed by atoms with Gasteiger partial charge >= 0.3 is 0 Å². The Morgan fingerprint density at radius 2 is 1.80 bits per heavy atom. The van der Waals surface area contributed by atoms with Gasteiger partial charge in [0.2, 0.25) is 5.91 Å². The van der Waals surface area contributed by atoms with E-state index in [-0.39, 0.29) is 36.3 Å². The number of nitrogens with one attached hydrogen (secondary N) is 1. The highest BCUT2D eigenvalue weighted by Gasteiger charge is 2.33. The molecule has 8 nitrogen and oxygen atoms in total. The number of carbonyl (C=O) groups is 2. The van der Waals surface area contributed by atoms with Gasteiger partial charge in [0, 0.05) is 25.6 Å². The van der Waals surface area contributed by atoms with Crippen LogP contribution in [0.15, 0.2) is 48.5 Å². The molecule has 1 fully saturated rings. The second-order valence-corrected chi connectivity index (χ2v) is 9.19. The van der Waals surface area contributed by atoms with E-state index in [1.165, 1.54) is 17.7 Å². The van der Waals surface area contributed by atoms with Gasteiger partial charge in [-0.2, -0.15) is 0 Å². The molecule has 2 aliphatic rings. The Bertz CT molecular complexity index is 1200. The summed E-state index contributed by atoms with van der Waals surface area (Å²) in [7, 11) is 0. The van der Waals surface area contributed by atoms with Crippen LogP contribution in [0.2, 0.25) is 0 Å². The van der Waals surface area contributed by atoms with Crippen molar-refractivity contribution in [3.8, 4) is 0 Å². The molecule has 5 rings (SSSR count). The van der Waals surface area contributed by atoms with Gasteiger partial charge in [-0.15, -0.1) is 5.10 Å². The van der Waals surface area contributed by atoms with E-state index in [0.29, 0.717) is 50.4 Å². The first-order chi connectivity index (χ1) is 17.0. The summed E-state index contributed by atoms with van der Waals surface area (Å²) in [5.41, 5.74) is 4.12. The summed E-state index contributed by atoms with van der Waals surface area (Å²) in [6.07, 6.45) is 1.03. The standard InChI is InChI=1S/C26H28FN5O3/c1-17-2-6-19(7-3-17)23-15-32-22(16-35-23)24(29-30-32)26(34)31-12-10-20(11-13-31)25(33)28-14-18-4-8-21(27)9-5-18/h2-9,20,23H,10-16H2,1H3,(H,28,33). The van der Waals surface area contributed by atoms with Gasteiger partial charge in [-0.1, -0.05) is 47.2 Å². The van der Waals surface area contributed by atoms with E-state index in [1.54, 1.807) is 21.7 Å². The first kappa shape index (κ1) is 23.2. The average Bonchev–Trinajstić information content (AvgIpc) is 3.31. The molecule has 2 aromatic carbocycles. The molecule has 0 saturated carbocycles. The highest BCUT2D eigenvalue weighted by Crippen LogP contribution is 2.28. The lowest BCUT2D eigenvalue weighted by atomic mass is 9.95. The van der Waals surface area contributed by atoms with E-state index in [4.69, 9.17) is 4.74 Å². The van der Waals surface area contributed by atoms with Crippen LogP contribution in [-0.4, -0.2) is 44.8 Å². The lowest BCUT2D eigenvalue weighted by Gasteiger charge is -2.31. The summed E-state index contributed by atoms with van der Waals surface area (Å²) >= 11 is 0. The largest absolute Gasteiger partial charge is 0.365 e. The van der Waals surface area contributed by atoms with Gasteiger partial charge in [-0.05, 0) is 43.0 Å². The number of piperidine rings is 1. The maximum absolute atomic E-state index is 13.2. The molecule has 0 radical (unpaired) electrons. The Hall–Kier alpha value is -3.59. The fraction of sp³-hybridized carbons (Fsp3) is 0.385. The topological polar surface area (TPSA) is 89.4 Å². The molecule has 1 aromatic heterocycles. The number of halogens is 1. The van der Waals surface area contributed by atoms with Crippen LogP contribution in [0.1, 0.15) is 51.8 Å². The van der Waals surface area contributed by atoms with Crippen molar-refractivity contribution >= 4 is 11.8 Å². The van der Waals surface area contributed by atoms with E-state index >= 15 is 0 Å². The first-order valence-electron chi connectivity index (χ1n) is 11.9. The predicted molar refractivity (Wildman–Crippen MR) is 126 cm³/mol. The van der Waals surface area contributed by atoms with Crippen molar-refractivity contribution in [1.29, 1.82) is 0 Å². The second kappa shape index (κ2) is 9.95. The third-order valence-electron chi connectivity index (χ3n) is 6.78. The van der Waals surface area contributed by atoms with Crippen LogP contribution in [0.4, 0.5) is 4.39 Å². The number of fused-ring (bicyclic) bond motifs is 1. The number of hydrogen-bond donors (Lipinski definition) is 1. The molecule has 9 heteroatoms. The summed E-state index contributed by atoms with van der Waals surface area (Å²) in [6, 6.07) is 14.3. The van der Waals surface area contributed by atoms with Crippen molar-refractivity contribution in [2.75, 3.05) is 13.1 Å². The molecular formula is C26H28FN5O3. The van der Waals surface area contributed by atoms with Crippen LogP contribution < -0.4 is 5.32 Å². The smallest absolute Gasteiger partial charge is 0.276 e. The number of nitrogens with zero attached hydrogens (tertiary/aromatic N) is 4. The zero-order valence-electron chi connectivity index (χ0n) is 19.6. The van der Waals surface area contributed by atoms with Gasteiger partial charge < -0.3 is 15.0 Å². The van der Waals surface area contributed by atoms with E-state index in [0.717, 1.165) is 11.1 Å². The number of aryl methyl sites for hydroxylation is 1. The number of amides is 2. The van der Waals surface area contributed by atoms with Crippen molar-refractivity contribution in [3.63, 3.8) is 0 Å². The van der Waals surface area contributed by atoms with Gasteiger partial charge in [-0.25, -0.2) is 9.07 Å². The van der Waals surface area contributed by atoms with Crippen molar-refractivity contribution in [3.05, 3.63) is 82.4 Å². The Kier molecular flexibility index (Phi) is 6.59. The molecule has 3 heterocycles. The zero-order valence-corrected chi connectivity index (χ0v) is 19.6. The summed E-state index contributed by atoms with van der Waals surface area (Å²) < 4.78 is 20.8. The number of rotatable bonds is 5. The monoisotopic (exact) mass is 477 g/mol. The van der Waals surface area contributed by atoms with E-state index in [9.17, 15) is 14.0 Å². The van der Waals surface area contributed by atoms with Gasteiger partial charge in [0.25, 0.3) is 5.91 Å². The van der Waals surface area contributed by atoms with Crippen LogP contribution in [-0.2, 0) is 29.2 Å². The molecule has 1 saturated heterocycles. The summed E-state index contributed by atoms with van der Waals surface area (Å²) in [4.78, 5) is 27.5. The minimum absolute atomic E-state index is 0.0435. The Morgan fingerprint density at radius 3 is 2.51 bits per heavy atom. The number of benzene rings is 2. The quantitative estimate of drug-likeness (QED) is 0.610. The van der Waals surface area contributed by atoms with Gasteiger partial charge in [0.1, 0.15) is 11.9 Å². The number of aromatic nitrogens is 3. The van der Waals surface area contributed by atoms with Crippen molar-refractivity contribution < 1.29 is 18.7 Å². The number of ether oxygens (including phenoxy) is 1. The first-order valence-corrected chi connectivity index (χ1v) is 11.9. The summed E-state index contributed by atoms with van der Waals surface area (Å²) in [6.45, 7) is 4.14. The van der Waals surface area contributed by atoms with Crippen LogP contribution in [0, 0.1) is 18.7 Å². The van der Waals surface area contributed by atoms with Crippen LogP contribution in [0.25, 0.3) is 0 Å². The molecule has 1 atom stereocenters. The van der Waals surface area contributed by atoms with E-state index in [1.807, 2.05) is 19.1 Å². The predicted octanol–water partition coefficient (Wildman–Crippen LogP) is 3.17. The third-order valence-corrected chi connectivity index (χ3v) is 6.78. The molecule has 1 N–H and O–H groups in total. The average molecular weight is 478 g/mol. The SMILES string of the molecule is Cc1ccc(C2Cn3nnc(C(=O)N4CCC(C(=O)NCc5ccc(F)cc5)CC4)c3CO2)cc1. The summed E-state index contributed by atoms with van der Waals surface area (Å²) in [5.74, 6) is -0.678. The molecule has 0 aliphatic carbocycles. The number of likely N-dealkylation sites (tertiary alicyclic amines) is 1. The molecule has 2 aliphatic heterocycles. The highest BCUT2D eigenvalue weighted by molar-refractivity contribution is 5.93. The number of carbonyl (C=O) groups excluding carboxylic acids is 2. The van der Waals surface area contributed by atoms with Crippen LogP contribution in [0.5, 0.6) is 0 Å². The van der Waals surface area contributed by atoms with Gasteiger partial charge in [0.05, 0.1) is 18.8 Å². The third kappa shape index (κ3) is 5.09. The Morgan fingerprint density at radius 1 is 1.09 bits per heavy atom. The highest BCUT2D eigenvalue weighted by atomic mass is 19.1.